The van der Waals surface area contributed by atoms with Crippen LogP contribution in [0.2, 0.25) is 0 Å². The van der Waals surface area contributed by atoms with Gasteiger partial charge in [0.1, 0.15) is 11.6 Å². The molecule has 1 aromatic carbocycles. The summed E-state index contributed by atoms with van der Waals surface area (Å²) in [6.45, 7) is 2.41. The highest BCUT2D eigenvalue weighted by molar-refractivity contribution is 5.60. The van der Waals surface area contributed by atoms with Gasteiger partial charge in [0.05, 0.1) is 19.8 Å². The molecule has 0 aliphatic heterocycles. The van der Waals surface area contributed by atoms with Crippen molar-refractivity contribution in [1.82, 2.24) is 9.55 Å². The third-order valence-electron chi connectivity index (χ3n) is 3.39. The standard InChI is InChI=1S/C15H21N3O2/c1-11(19)15-12(6-5-7-13(15)20-4)18(3)10-14-16-8-9-17(14)2/h5-9,11,19H,10H2,1-4H3/t11-/m0/s1. The SMILES string of the molecule is COc1cccc(N(C)Cc2nccn2C)c1[C@H](C)O. The minimum absolute atomic E-state index is 0.593. The van der Waals surface area contributed by atoms with Gasteiger partial charge in [-0.15, -0.1) is 0 Å². The number of nitrogens with zero attached hydrogens (tertiary/aromatic N) is 3. The Morgan fingerprint density at radius 1 is 1.45 bits per heavy atom. The molecule has 0 aliphatic rings. The number of benzene rings is 1. The van der Waals surface area contributed by atoms with Crippen molar-refractivity contribution in [1.29, 1.82) is 0 Å². The van der Waals surface area contributed by atoms with Gasteiger partial charge in [0, 0.05) is 37.7 Å². The molecule has 0 unspecified atom stereocenters. The normalized spacial score (nSPS) is 12.2. The zero-order chi connectivity index (χ0) is 14.7. The van der Waals surface area contributed by atoms with Crippen LogP contribution in [0.15, 0.2) is 30.6 Å². The Morgan fingerprint density at radius 2 is 2.20 bits per heavy atom. The van der Waals surface area contributed by atoms with Gasteiger partial charge >= 0.3 is 0 Å². The molecule has 0 aliphatic carbocycles. The molecule has 20 heavy (non-hydrogen) atoms. The molecule has 1 heterocycles. The van der Waals surface area contributed by atoms with Gasteiger partial charge in [0.15, 0.2) is 0 Å². The molecule has 0 bridgehead atoms. The topological polar surface area (TPSA) is 50.5 Å². The van der Waals surface area contributed by atoms with Crippen LogP contribution < -0.4 is 9.64 Å². The lowest BCUT2D eigenvalue weighted by atomic mass is 10.1. The number of aryl methyl sites for hydroxylation is 1. The van der Waals surface area contributed by atoms with Gasteiger partial charge in [-0.3, -0.25) is 0 Å². The van der Waals surface area contributed by atoms with Crippen molar-refractivity contribution in [2.45, 2.75) is 19.6 Å². The third kappa shape index (κ3) is 2.77. The summed E-state index contributed by atoms with van der Waals surface area (Å²) in [5, 5.41) is 10.0. The number of methoxy groups -OCH3 is 1. The van der Waals surface area contributed by atoms with E-state index in [4.69, 9.17) is 4.74 Å². The molecule has 0 amide bonds. The van der Waals surface area contributed by atoms with Crippen molar-refractivity contribution >= 4 is 5.69 Å². The molecule has 2 aromatic rings. The fraction of sp³-hybridized carbons (Fsp3) is 0.400. The van der Waals surface area contributed by atoms with Crippen LogP contribution in [0.5, 0.6) is 5.75 Å². The van der Waals surface area contributed by atoms with Gasteiger partial charge in [-0.1, -0.05) is 6.07 Å². The number of hydrogen-bond donors (Lipinski definition) is 1. The third-order valence-corrected chi connectivity index (χ3v) is 3.39. The highest BCUT2D eigenvalue weighted by Crippen LogP contribution is 2.34. The minimum atomic E-state index is -0.593. The lowest BCUT2D eigenvalue weighted by Crippen LogP contribution is -2.21. The van der Waals surface area contributed by atoms with E-state index in [9.17, 15) is 5.11 Å². The van der Waals surface area contributed by atoms with Crippen LogP contribution in [0, 0.1) is 0 Å². The van der Waals surface area contributed by atoms with Crippen LogP contribution in [-0.2, 0) is 13.6 Å². The smallest absolute Gasteiger partial charge is 0.127 e. The van der Waals surface area contributed by atoms with Crippen molar-refractivity contribution < 1.29 is 9.84 Å². The fourth-order valence-electron chi connectivity index (χ4n) is 2.31. The number of imidazole rings is 1. The Balaban J connectivity index is 2.34. The Kier molecular flexibility index (Phi) is 4.29. The molecule has 108 valence electrons. The number of rotatable bonds is 5. The Hall–Kier alpha value is -2.01. The van der Waals surface area contributed by atoms with Crippen molar-refractivity contribution in [3.63, 3.8) is 0 Å². The van der Waals surface area contributed by atoms with E-state index < -0.39 is 6.10 Å². The van der Waals surface area contributed by atoms with E-state index in [1.165, 1.54) is 0 Å². The first kappa shape index (κ1) is 14.4. The molecular weight excluding hydrogens is 254 g/mol. The highest BCUT2D eigenvalue weighted by atomic mass is 16.5. The van der Waals surface area contributed by atoms with E-state index in [0.717, 1.165) is 17.1 Å². The Labute approximate surface area is 119 Å². The molecule has 0 saturated carbocycles. The maximum atomic E-state index is 10.0. The van der Waals surface area contributed by atoms with Crippen molar-refractivity contribution in [3.8, 4) is 5.75 Å². The second-order valence-corrected chi connectivity index (χ2v) is 4.88. The molecule has 1 N–H and O–H groups in total. The second-order valence-electron chi connectivity index (χ2n) is 4.88. The number of ether oxygens (including phenoxy) is 1. The van der Waals surface area contributed by atoms with Gasteiger partial charge in [-0.25, -0.2) is 4.98 Å². The zero-order valence-electron chi connectivity index (χ0n) is 12.4. The van der Waals surface area contributed by atoms with Crippen LogP contribution in [-0.4, -0.2) is 28.8 Å². The molecule has 0 radical (unpaired) electrons. The van der Waals surface area contributed by atoms with E-state index >= 15 is 0 Å². The molecule has 2 rings (SSSR count). The van der Waals surface area contributed by atoms with E-state index in [2.05, 4.69) is 9.88 Å². The average Bonchev–Trinajstić information content (AvgIpc) is 2.83. The van der Waals surface area contributed by atoms with Gasteiger partial charge < -0.3 is 19.3 Å². The average molecular weight is 275 g/mol. The molecule has 1 atom stereocenters. The van der Waals surface area contributed by atoms with E-state index in [1.54, 1.807) is 20.2 Å². The number of aromatic nitrogens is 2. The summed E-state index contributed by atoms with van der Waals surface area (Å²) < 4.78 is 7.33. The molecule has 5 nitrogen and oxygen atoms in total. The quantitative estimate of drug-likeness (QED) is 0.908. The van der Waals surface area contributed by atoms with E-state index in [1.807, 2.05) is 43.1 Å². The summed E-state index contributed by atoms with van der Waals surface area (Å²) in [7, 11) is 5.57. The van der Waals surface area contributed by atoms with Crippen LogP contribution in [0.4, 0.5) is 5.69 Å². The summed E-state index contributed by atoms with van der Waals surface area (Å²) >= 11 is 0. The molecular formula is C15H21N3O2. The highest BCUT2D eigenvalue weighted by Gasteiger charge is 2.17. The van der Waals surface area contributed by atoms with Crippen molar-refractivity contribution in [2.75, 3.05) is 19.1 Å². The maximum absolute atomic E-state index is 10.0. The molecule has 1 aromatic heterocycles. The summed E-state index contributed by atoms with van der Waals surface area (Å²) in [6.07, 6.45) is 3.11. The molecule has 5 heteroatoms. The van der Waals surface area contributed by atoms with Crippen molar-refractivity contribution in [2.24, 2.45) is 7.05 Å². The predicted octanol–water partition coefficient (Wildman–Crippen LogP) is 2.12. The summed E-state index contributed by atoms with van der Waals surface area (Å²) in [5.74, 6) is 1.66. The predicted molar refractivity (Wildman–Crippen MR) is 78.9 cm³/mol. The second kappa shape index (κ2) is 5.96. The molecule has 0 fully saturated rings. The molecule has 0 saturated heterocycles. The largest absolute Gasteiger partial charge is 0.496 e. The first-order valence-electron chi connectivity index (χ1n) is 6.57. The summed E-state index contributed by atoms with van der Waals surface area (Å²) in [5.41, 5.74) is 1.74. The van der Waals surface area contributed by atoms with Gasteiger partial charge in [-0.05, 0) is 19.1 Å². The van der Waals surface area contributed by atoms with Crippen LogP contribution >= 0.6 is 0 Å². The van der Waals surface area contributed by atoms with Crippen LogP contribution in [0.1, 0.15) is 24.4 Å². The monoisotopic (exact) mass is 275 g/mol. The Morgan fingerprint density at radius 3 is 2.75 bits per heavy atom. The fourth-order valence-corrected chi connectivity index (χ4v) is 2.31. The maximum Gasteiger partial charge on any atom is 0.127 e. The number of aliphatic hydroxyl groups excluding tert-OH is 1. The first-order chi connectivity index (χ1) is 9.54. The van der Waals surface area contributed by atoms with Crippen LogP contribution in [0.25, 0.3) is 0 Å². The van der Waals surface area contributed by atoms with Gasteiger partial charge in [0.25, 0.3) is 0 Å². The summed E-state index contributed by atoms with van der Waals surface area (Å²) in [6, 6.07) is 5.77. The van der Waals surface area contributed by atoms with E-state index in [0.29, 0.717) is 12.3 Å². The summed E-state index contributed by atoms with van der Waals surface area (Å²) in [4.78, 5) is 6.39. The minimum Gasteiger partial charge on any atom is -0.496 e. The van der Waals surface area contributed by atoms with Crippen LogP contribution in [0.3, 0.4) is 0 Å². The zero-order valence-corrected chi connectivity index (χ0v) is 12.4. The number of hydrogen-bond acceptors (Lipinski definition) is 4. The van der Waals surface area contributed by atoms with Crippen molar-refractivity contribution in [3.05, 3.63) is 42.0 Å². The molecule has 0 spiro atoms. The number of anilines is 1. The van der Waals surface area contributed by atoms with E-state index in [-0.39, 0.29) is 0 Å². The van der Waals surface area contributed by atoms with Gasteiger partial charge in [-0.2, -0.15) is 0 Å². The lowest BCUT2D eigenvalue weighted by molar-refractivity contribution is 0.194. The first-order valence-corrected chi connectivity index (χ1v) is 6.57. The lowest BCUT2D eigenvalue weighted by Gasteiger charge is -2.24. The number of aliphatic hydroxyl groups is 1. The Bertz CT molecular complexity index is 578. The van der Waals surface area contributed by atoms with Gasteiger partial charge in [0.2, 0.25) is 0 Å².